The Balaban J connectivity index is 2.25. The molecular weight excluding hydrogens is 284 g/mol. The second kappa shape index (κ2) is 4.92. The van der Waals surface area contributed by atoms with E-state index in [-0.39, 0.29) is 11.7 Å². The van der Waals surface area contributed by atoms with Gasteiger partial charge in [-0.25, -0.2) is 4.98 Å². The number of hydroxylamine groups is 1. The lowest BCUT2D eigenvalue weighted by Crippen LogP contribution is -2.29. The van der Waals surface area contributed by atoms with Crippen LogP contribution in [0.3, 0.4) is 0 Å². The van der Waals surface area contributed by atoms with E-state index in [0.717, 1.165) is 0 Å². The number of anilines is 1. The summed E-state index contributed by atoms with van der Waals surface area (Å²) in [5, 5.41) is 21.1. The van der Waals surface area contributed by atoms with Crippen LogP contribution in [-0.4, -0.2) is 34.0 Å². The quantitative estimate of drug-likeness (QED) is 0.316. The zero-order valence-corrected chi connectivity index (χ0v) is 12.0. The predicted octanol–water partition coefficient (Wildman–Crippen LogP) is 0.493. The third-order valence-electron chi connectivity index (χ3n) is 4.10. The van der Waals surface area contributed by atoms with Crippen LogP contribution >= 0.6 is 0 Å². The molecule has 114 valence electrons. The molecule has 6 N–H and O–H groups in total. The Morgan fingerprint density at radius 1 is 1.36 bits per heavy atom. The maximum Gasteiger partial charge on any atom is 0.229 e. The Bertz CT molecular complexity index is 784. The molecule has 0 unspecified atom stereocenters. The predicted molar refractivity (Wildman–Crippen MR) is 80.9 cm³/mol. The fraction of sp³-hybridized carbons (Fsp3) is 0.286. The van der Waals surface area contributed by atoms with E-state index < -0.39 is 5.41 Å². The average Bonchev–Trinajstić information content (AvgIpc) is 3.34. The number of pyridine rings is 2. The van der Waals surface area contributed by atoms with Crippen molar-refractivity contribution in [1.82, 2.24) is 15.4 Å². The molecule has 0 saturated heterocycles. The number of rotatable bonds is 4. The Morgan fingerprint density at radius 3 is 2.64 bits per heavy atom. The van der Waals surface area contributed by atoms with Crippen molar-refractivity contribution in [2.45, 2.75) is 18.3 Å². The molecule has 1 fully saturated rings. The highest BCUT2D eigenvalue weighted by Crippen LogP contribution is 2.47. The fourth-order valence-corrected chi connectivity index (χ4v) is 2.61. The fourth-order valence-electron chi connectivity index (χ4n) is 2.61. The first-order chi connectivity index (χ1) is 10.5. The molecule has 1 amide bonds. The van der Waals surface area contributed by atoms with Gasteiger partial charge in [-0.05, 0) is 18.9 Å². The molecule has 2 heterocycles. The van der Waals surface area contributed by atoms with Gasteiger partial charge >= 0.3 is 0 Å². The van der Waals surface area contributed by atoms with Crippen LogP contribution < -0.4 is 16.5 Å². The number of nitrogens with one attached hydrogen (secondary N) is 3. The second-order valence-corrected chi connectivity index (χ2v) is 5.32. The molecule has 1 saturated carbocycles. The first-order valence-electron chi connectivity index (χ1n) is 6.79. The molecule has 0 spiro atoms. The molecule has 22 heavy (non-hydrogen) atoms. The largest absolute Gasteiger partial charge is 0.373 e. The van der Waals surface area contributed by atoms with Crippen molar-refractivity contribution in [1.29, 1.82) is 5.41 Å². The van der Waals surface area contributed by atoms with Gasteiger partial charge in [0.1, 0.15) is 5.82 Å². The van der Waals surface area contributed by atoms with Crippen molar-refractivity contribution in [3.05, 3.63) is 29.7 Å². The lowest BCUT2D eigenvalue weighted by atomic mass is 9.97. The summed E-state index contributed by atoms with van der Waals surface area (Å²) in [6.45, 7) is 0. The minimum absolute atomic E-state index is 0.179. The van der Waals surface area contributed by atoms with Crippen molar-refractivity contribution in [3.63, 3.8) is 0 Å². The number of carbonyl (C=O) groups excluding carboxylic acids is 1. The minimum atomic E-state index is -0.705. The number of aromatic nitrogens is 2. The van der Waals surface area contributed by atoms with Crippen molar-refractivity contribution < 1.29 is 10.0 Å². The topological polar surface area (TPSA) is 137 Å². The number of carbonyl (C=O) groups is 1. The van der Waals surface area contributed by atoms with Gasteiger partial charge in [-0.3, -0.25) is 25.9 Å². The van der Waals surface area contributed by atoms with E-state index in [1.807, 2.05) is 5.48 Å². The average molecular weight is 300 g/mol. The summed E-state index contributed by atoms with van der Waals surface area (Å²) in [5.41, 5.74) is 7.61. The summed E-state index contributed by atoms with van der Waals surface area (Å²) in [6, 6.07) is 1.75. The molecule has 8 nitrogen and oxygen atoms in total. The van der Waals surface area contributed by atoms with Crippen LogP contribution in [0.2, 0.25) is 0 Å². The number of nitrogens with zero attached hydrogens (tertiary/aromatic N) is 2. The molecule has 0 radical (unpaired) electrons. The molecule has 0 bridgehead atoms. The molecule has 2 aromatic rings. The van der Waals surface area contributed by atoms with Crippen molar-refractivity contribution in [3.8, 4) is 0 Å². The van der Waals surface area contributed by atoms with Crippen LogP contribution in [0.25, 0.3) is 10.8 Å². The van der Waals surface area contributed by atoms with E-state index in [9.17, 15) is 4.79 Å². The van der Waals surface area contributed by atoms with Crippen molar-refractivity contribution in [2.75, 3.05) is 12.4 Å². The van der Waals surface area contributed by atoms with Gasteiger partial charge in [0.15, 0.2) is 5.84 Å². The minimum Gasteiger partial charge on any atom is -0.373 e. The van der Waals surface area contributed by atoms with Crippen LogP contribution in [0.15, 0.2) is 18.5 Å². The van der Waals surface area contributed by atoms with Gasteiger partial charge in [-0.1, -0.05) is 0 Å². The molecule has 3 rings (SSSR count). The Labute approximate surface area is 126 Å². The highest BCUT2D eigenvalue weighted by Gasteiger charge is 2.51. The normalized spacial score (nSPS) is 15.4. The van der Waals surface area contributed by atoms with E-state index in [2.05, 4.69) is 15.3 Å². The van der Waals surface area contributed by atoms with Gasteiger partial charge in [-0.15, -0.1) is 0 Å². The molecule has 2 aromatic heterocycles. The number of hydrogen-bond acceptors (Lipinski definition) is 6. The highest BCUT2D eigenvalue weighted by molar-refractivity contribution is 6.10. The number of nitrogens with two attached hydrogens (primary N) is 1. The van der Waals surface area contributed by atoms with Crippen molar-refractivity contribution in [2.24, 2.45) is 5.73 Å². The third-order valence-corrected chi connectivity index (χ3v) is 4.10. The number of amidine groups is 1. The Morgan fingerprint density at radius 2 is 2.09 bits per heavy atom. The zero-order chi connectivity index (χ0) is 15.9. The van der Waals surface area contributed by atoms with Gasteiger partial charge in [0.05, 0.1) is 11.1 Å². The third kappa shape index (κ3) is 1.96. The van der Waals surface area contributed by atoms with Gasteiger partial charge < -0.3 is 11.1 Å². The van der Waals surface area contributed by atoms with Gasteiger partial charge in [0.25, 0.3) is 0 Å². The lowest BCUT2D eigenvalue weighted by Gasteiger charge is -2.14. The number of hydrogen-bond donors (Lipinski definition) is 5. The van der Waals surface area contributed by atoms with E-state index in [1.165, 1.54) is 6.20 Å². The number of amides is 1. The van der Waals surface area contributed by atoms with Gasteiger partial charge in [-0.2, -0.15) is 0 Å². The van der Waals surface area contributed by atoms with Crippen LogP contribution in [-0.2, 0) is 10.2 Å². The Kier molecular flexibility index (Phi) is 3.18. The maximum absolute atomic E-state index is 11.7. The first-order valence-corrected chi connectivity index (χ1v) is 6.79. The van der Waals surface area contributed by atoms with E-state index in [1.54, 1.807) is 19.3 Å². The van der Waals surface area contributed by atoms with E-state index in [0.29, 0.717) is 40.7 Å². The molecule has 0 aliphatic heterocycles. The Hall–Kier alpha value is -2.74. The van der Waals surface area contributed by atoms with Gasteiger partial charge in [0, 0.05) is 35.8 Å². The van der Waals surface area contributed by atoms with Crippen LogP contribution in [0.5, 0.6) is 0 Å². The highest BCUT2D eigenvalue weighted by atomic mass is 16.5. The molecule has 8 heteroatoms. The standard InChI is InChI=1S/C14H16N6O2/c1-17-12-9-6-18-10(14(2-3-14)13(16)21)4-7(9)8(5-19-12)11(15)20-22/h4-6,22H,2-3H2,1H3,(H2,15,20)(H2,16,21)(H,17,19). The maximum atomic E-state index is 11.7. The monoisotopic (exact) mass is 300 g/mol. The summed E-state index contributed by atoms with van der Waals surface area (Å²) in [4.78, 5) is 20.2. The van der Waals surface area contributed by atoms with Gasteiger partial charge in [0.2, 0.25) is 5.91 Å². The van der Waals surface area contributed by atoms with Crippen LogP contribution in [0.1, 0.15) is 24.1 Å². The van der Waals surface area contributed by atoms with E-state index >= 15 is 0 Å². The van der Waals surface area contributed by atoms with Crippen LogP contribution in [0, 0.1) is 5.41 Å². The first kappa shape index (κ1) is 14.2. The molecular formula is C14H16N6O2. The summed E-state index contributed by atoms with van der Waals surface area (Å²) in [5.74, 6) is 0.0350. The van der Waals surface area contributed by atoms with E-state index in [4.69, 9.17) is 16.4 Å². The van der Waals surface area contributed by atoms with Crippen molar-refractivity contribution >= 4 is 28.3 Å². The van der Waals surface area contributed by atoms with Crippen LogP contribution in [0.4, 0.5) is 5.82 Å². The molecule has 1 aliphatic rings. The SMILES string of the molecule is CNc1ncc(C(=N)NO)c2cc(C3(C(N)=O)CC3)ncc12. The molecule has 1 aliphatic carbocycles. The zero-order valence-electron chi connectivity index (χ0n) is 12.0. The summed E-state index contributed by atoms with van der Waals surface area (Å²) in [6.07, 6.45) is 4.44. The second-order valence-electron chi connectivity index (χ2n) is 5.32. The number of fused-ring (bicyclic) bond motifs is 1. The molecule has 0 atom stereocenters. The summed E-state index contributed by atoms with van der Waals surface area (Å²) >= 11 is 0. The summed E-state index contributed by atoms with van der Waals surface area (Å²) < 4.78 is 0. The smallest absolute Gasteiger partial charge is 0.229 e. The summed E-state index contributed by atoms with van der Waals surface area (Å²) in [7, 11) is 1.73. The lowest BCUT2D eigenvalue weighted by molar-refractivity contribution is -0.120. The number of primary amides is 1. The molecule has 0 aromatic carbocycles.